The fourth-order valence-electron chi connectivity index (χ4n) is 2.04. The van der Waals surface area contributed by atoms with Crippen LogP contribution in [0.3, 0.4) is 0 Å². The molecule has 1 aromatic heterocycles. The predicted molar refractivity (Wildman–Crippen MR) is 78.7 cm³/mol. The lowest BCUT2D eigenvalue weighted by atomic mass is 10.1. The van der Waals surface area contributed by atoms with Crippen LogP contribution in [0.4, 0.5) is 11.4 Å². The maximum atomic E-state index is 12.2. The molecule has 3 rings (SSSR count). The first-order chi connectivity index (χ1) is 9.63. The quantitative estimate of drug-likeness (QED) is 0.831. The van der Waals surface area contributed by atoms with Crippen LogP contribution in [0.5, 0.6) is 0 Å². The van der Waals surface area contributed by atoms with Crippen LogP contribution in [0.1, 0.15) is 15.9 Å². The van der Waals surface area contributed by atoms with Crippen LogP contribution in [-0.4, -0.2) is 16.8 Å². The van der Waals surface area contributed by atoms with Gasteiger partial charge < -0.3 is 10.6 Å². The minimum Gasteiger partial charge on any atom is -0.326 e. The SMILES string of the molecule is O=C1Cc2cc(C(=O)Nc3cccnc3Br)ccc2N1. The Morgan fingerprint density at radius 2 is 2.20 bits per heavy atom. The lowest BCUT2D eigenvalue weighted by molar-refractivity contribution is -0.115. The van der Waals surface area contributed by atoms with E-state index in [9.17, 15) is 9.59 Å². The number of hydrogen-bond donors (Lipinski definition) is 2. The number of amides is 2. The molecule has 6 heteroatoms. The van der Waals surface area contributed by atoms with Crippen molar-refractivity contribution in [2.75, 3.05) is 10.6 Å². The van der Waals surface area contributed by atoms with E-state index in [1.807, 2.05) is 0 Å². The first-order valence-corrected chi connectivity index (χ1v) is 6.77. The van der Waals surface area contributed by atoms with Gasteiger partial charge in [0.2, 0.25) is 5.91 Å². The van der Waals surface area contributed by atoms with Crippen molar-refractivity contribution in [3.63, 3.8) is 0 Å². The van der Waals surface area contributed by atoms with E-state index >= 15 is 0 Å². The van der Waals surface area contributed by atoms with Crippen molar-refractivity contribution < 1.29 is 9.59 Å². The van der Waals surface area contributed by atoms with Gasteiger partial charge in [-0.25, -0.2) is 4.98 Å². The molecule has 2 amide bonds. The molecule has 1 aromatic carbocycles. The smallest absolute Gasteiger partial charge is 0.255 e. The molecule has 0 unspecified atom stereocenters. The van der Waals surface area contributed by atoms with E-state index in [1.165, 1.54) is 0 Å². The van der Waals surface area contributed by atoms with Crippen LogP contribution < -0.4 is 10.6 Å². The van der Waals surface area contributed by atoms with E-state index in [1.54, 1.807) is 36.5 Å². The molecule has 5 nitrogen and oxygen atoms in total. The number of hydrogen-bond acceptors (Lipinski definition) is 3. The first kappa shape index (κ1) is 12.8. The van der Waals surface area contributed by atoms with E-state index in [4.69, 9.17) is 0 Å². The maximum Gasteiger partial charge on any atom is 0.255 e. The Balaban J connectivity index is 1.84. The second-order valence-electron chi connectivity index (χ2n) is 4.39. The van der Waals surface area contributed by atoms with Crippen molar-refractivity contribution in [1.82, 2.24) is 4.98 Å². The Kier molecular flexibility index (Phi) is 3.23. The fraction of sp³-hybridized carbons (Fsp3) is 0.0714. The zero-order valence-corrected chi connectivity index (χ0v) is 11.9. The van der Waals surface area contributed by atoms with Crippen molar-refractivity contribution in [2.45, 2.75) is 6.42 Å². The number of pyridine rings is 1. The van der Waals surface area contributed by atoms with Gasteiger partial charge in [-0.2, -0.15) is 0 Å². The third-order valence-corrected chi connectivity index (χ3v) is 3.63. The van der Waals surface area contributed by atoms with Crippen LogP contribution >= 0.6 is 15.9 Å². The molecule has 2 heterocycles. The summed E-state index contributed by atoms with van der Waals surface area (Å²) in [6.07, 6.45) is 1.94. The normalized spacial score (nSPS) is 12.8. The molecule has 2 aromatic rings. The molecular formula is C14H10BrN3O2. The summed E-state index contributed by atoms with van der Waals surface area (Å²) >= 11 is 3.27. The molecule has 0 bridgehead atoms. The van der Waals surface area contributed by atoms with Crippen molar-refractivity contribution in [3.8, 4) is 0 Å². The number of nitrogens with one attached hydrogen (secondary N) is 2. The van der Waals surface area contributed by atoms with Gasteiger partial charge in [0.15, 0.2) is 0 Å². The standard InChI is InChI=1S/C14H10BrN3O2/c15-13-11(2-1-5-16-13)18-14(20)8-3-4-10-9(6-8)7-12(19)17-10/h1-6H,7H2,(H,17,19)(H,18,20). The minimum absolute atomic E-state index is 0.0486. The number of benzene rings is 1. The summed E-state index contributed by atoms with van der Waals surface area (Å²) in [6.45, 7) is 0. The zero-order valence-electron chi connectivity index (χ0n) is 10.3. The first-order valence-electron chi connectivity index (χ1n) is 5.98. The summed E-state index contributed by atoms with van der Waals surface area (Å²) in [5, 5.41) is 5.51. The molecule has 20 heavy (non-hydrogen) atoms. The summed E-state index contributed by atoms with van der Waals surface area (Å²) < 4.78 is 0.575. The lowest BCUT2D eigenvalue weighted by Crippen LogP contribution is -2.12. The molecule has 1 aliphatic heterocycles. The van der Waals surface area contributed by atoms with Gasteiger partial charge in [-0.3, -0.25) is 9.59 Å². The Bertz CT molecular complexity index is 715. The van der Waals surface area contributed by atoms with Crippen LogP contribution in [-0.2, 0) is 11.2 Å². The van der Waals surface area contributed by atoms with Crippen molar-refractivity contribution in [2.24, 2.45) is 0 Å². The van der Waals surface area contributed by atoms with Gasteiger partial charge in [-0.15, -0.1) is 0 Å². The second kappa shape index (κ2) is 5.05. The van der Waals surface area contributed by atoms with Crippen molar-refractivity contribution in [3.05, 3.63) is 52.3 Å². The number of carbonyl (C=O) groups excluding carboxylic acids is 2. The molecule has 0 saturated carbocycles. The predicted octanol–water partition coefficient (Wildman–Crippen LogP) is 2.59. The zero-order chi connectivity index (χ0) is 14.1. The number of nitrogens with zero attached hydrogens (tertiary/aromatic N) is 1. The van der Waals surface area contributed by atoms with Gasteiger partial charge in [-0.05, 0) is 51.8 Å². The average molecular weight is 332 g/mol. The Hall–Kier alpha value is -2.21. The van der Waals surface area contributed by atoms with Crippen LogP contribution in [0.25, 0.3) is 0 Å². The van der Waals surface area contributed by atoms with E-state index in [2.05, 4.69) is 31.5 Å². The molecule has 0 fully saturated rings. The van der Waals surface area contributed by atoms with E-state index in [0.717, 1.165) is 11.3 Å². The van der Waals surface area contributed by atoms with Crippen LogP contribution in [0.15, 0.2) is 41.1 Å². The summed E-state index contributed by atoms with van der Waals surface area (Å²) in [7, 11) is 0. The van der Waals surface area contributed by atoms with Gasteiger partial charge in [-0.1, -0.05) is 0 Å². The van der Waals surface area contributed by atoms with Gasteiger partial charge in [0.1, 0.15) is 4.60 Å². The van der Waals surface area contributed by atoms with Gasteiger partial charge in [0.05, 0.1) is 12.1 Å². The number of aromatic nitrogens is 1. The van der Waals surface area contributed by atoms with Gasteiger partial charge in [0, 0.05) is 17.4 Å². The molecule has 100 valence electrons. The average Bonchev–Trinajstić information content (AvgIpc) is 2.80. The highest BCUT2D eigenvalue weighted by Crippen LogP contribution is 2.25. The lowest BCUT2D eigenvalue weighted by Gasteiger charge is -2.07. The monoisotopic (exact) mass is 331 g/mol. The number of halogens is 1. The molecule has 0 aliphatic carbocycles. The van der Waals surface area contributed by atoms with E-state index < -0.39 is 0 Å². The Morgan fingerprint density at radius 1 is 1.35 bits per heavy atom. The summed E-state index contributed by atoms with van der Waals surface area (Å²) in [5.74, 6) is -0.284. The summed E-state index contributed by atoms with van der Waals surface area (Å²) in [4.78, 5) is 27.5. The number of carbonyl (C=O) groups is 2. The molecule has 0 saturated heterocycles. The summed E-state index contributed by atoms with van der Waals surface area (Å²) in [6, 6.07) is 8.66. The molecule has 1 aliphatic rings. The topological polar surface area (TPSA) is 71.1 Å². The highest BCUT2D eigenvalue weighted by Gasteiger charge is 2.19. The summed E-state index contributed by atoms with van der Waals surface area (Å²) in [5.41, 5.74) is 2.73. The molecule has 0 atom stereocenters. The fourth-order valence-corrected chi connectivity index (χ4v) is 2.39. The van der Waals surface area contributed by atoms with Gasteiger partial charge in [0.25, 0.3) is 5.91 Å². The van der Waals surface area contributed by atoms with E-state index in [-0.39, 0.29) is 11.8 Å². The molecule has 2 N–H and O–H groups in total. The number of anilines is 2. The van der Waals surface area contributed by atoms with E-state index in [0.29, 0.717) is 22.3 Å². The molecular weight excluding hydrogens is 322 g/mol. The number of rotatable bonds is 2. The maximum absolute atomic E-state index is 12.2. The molecule has 0 radical (unpaired) electrons. The van der Waals surface area contributed by atoms with Crippen LogP contribution in [0, 0.1) is 0 Å². The highest BCUT2D eigenvalue weighted by molar-refractivity contribution is 9.10. The van der Waals surface area contributed by atoms with Gasteiger partial charge >= 0.3 is 0 Å². The Labute approximate surface area is 123 Å². The number of fused-ring (bicyclic) bond motifs is 1. The third kappa shape index (κ3) is 2.42. The van der Waals surface area contributed by atoms with Crippen molar-refractivity contribution >= 4 is 39.1 Å². The largest absolute Gasteiger partial charge is 0.326 e. The molecule has 0 spiro atoms. The second-order valence-corrected chi connectivity index (χ2v) is 5.14. The van der Waals surface area contributed by atoms with Crippen molar-refractivity contribution in [1.29, 1.82) is 0 Å². The van der Waals surface area contributed by atoms with Crippen LogP contribution in [0.2, 0.25) is 0 Å². The third-order valence-electron chi connectivity index (χ3n) is 3.00. The highest BCUT2D eigenvalue weighted by atomic mass is 79.9. The Morgan fingerprint density at radius 3 is 3.00 bits per heavy atom. The minimum atomic E-state index is -0.235.